The molecule has 0 bridgehead atoms. The maximum atomic E-state index is 5.66. The third-order valence-corrected chi connectivity index (χ3v) is 4.47. The zero-order valence-electron chi connectivity index (χ0n) is 9.67. The van der Waals surface area contributed by atoms with Gasteiger partial charge in [-0.15, -0.1) is 0 Å². The number of hydrogen-bond acceptors (Lipinski definition) is 2. The Balaban J connectivity index is 2.09. The molecule has 2 rings (SSSR count). The average molecular weight is 283 g/mol. The van der Waals surface area contributed by atoms with Crippen LogP contribution in [0.2, 0.25) is 0 Å². The van der Waals surface area contributed by atoms with Gasteiger partial charge >= 0.3 is 0 Å². The Morgan fingerprint density at radius 2 is 2.25 bits per heavy atom. The summed E-state index contributed by atoms with van der Waals surface area (Å²) in [6, 6.07) is 6.78. The van der Waals surface area contributed by atoms with E-state index in [-0.39, 0.29) is 0 Å². The van der Waals surface area contributed by atoms with Gasteiger partial charge in [0.05, 0.1) is 0 Å². The van der Waals surface area contributed by atoms with Gasteiger partial charge in [0, 0.05) is 10.5 Å². The summed E-state index contributed by atoms with van der Waals surface area (Å²) in [4.78, 5) is 0. The molecule has 0 spiro atoms. The molecule has 1 unspecified atom stereocenters. The van der Waals surface area contributed by atoms with Crippen molar-refractivity contribution >= 4 is 15.9 Å². The molecule has 2 nitrogen and oxygen atoms in total. The van der Waals surface area contributed by atoms with E-state index in [1.54, 1.807) is 0 Å². The predicted octanol–water partition coefficient (Wildman–Crippen LogP) is 3.45. The monoisotopic (exact) mass is 282 g/mol. The van der Waals surface area contributed by atoms with Crippen LogP contribution in [0.5, 0.6) is 0 Å². The van der Waals surface area contributed by atoms with Crippen LogP contribution in [0.1, 0.15) is 42.9 Å². The highest BCUT2D eigenvalue weighted by Gasteiger charge is 2.22. The summed E-state index contributed by atoms with van der Waals surface area (Å²) in [7, 11) is 0. The van der Waals surface area contributed by atoms with Crippen molar-refractivity contribution in [2.45, 2.75) is 38.6 Å². The molecule has 3 heteroatoms. The minimum atomic E-state index is 0.303. The van der Waals surface area contributed by atoms with Crippen molar-refractivity contribution in [2.24, 2.45) is 11.8 Å². The highest BCUT2D eigenvalue weighted by Crippen LogP contribution is 2.35. The van der Waals surface area contributed by atoms with Crippen LogP contribution in [0.15, 0.2) is 22.7 Å². The van der Waals surface area contributed by atoms with E-state index >= 15 is 0 Å². The fourth-order valence-corrected chi connectivity index (χ4v) is 2.49. The minimum Gasteiger partial charge on any atom is -0.271 e. The summed E-state index contributed by atoms with van der Waals surface area (Å²) in [6.45, 7) is 2.12. The number of hydrazine groups is 1. The lowest BCUT2D eigenvalue weighted by molar-refractivity contribution is 0.262. The first-order chi connectivity index (χ1) is 7.70. The molecule has 0 heterocycles. The first-order valence-electron chi connectivity index (χ1n) is 5.93. The molecular weight excluding hydrogens is 264 g/mol. The van der Waals surface area contributed by atoms with Gasteiger partial charge in [-0.1, -0.05) is 47.3 Å². The van der Waals surface area contributed by atoms with Crippen LogP contribution in [0.4, 0.5) is 0 Å². The maximum Gasteiger partial charge on any atom is 0.0462 e. The van der Waals surface area contributed by atoms with E-state index in [2.05, 4.69) is 46.5 Å². The van der Waals surface area contributed by atoms with Crippen molar-refractivity contribution in [3.05, 3.63) is 33.8 Å². The van der Waals surface area contributed by atoms with Crippen LogP contribution in [-0.2, 0) is 0 Å². The lowest BCUT2D eigenvalue weighted by atomic mass is 9.79. The zero-order chi connectivity index (χ0) is 11.5. The Labute approximate surface area is 106 Å². The second-order valence-electron chi connectivity index (χ2n) is 4.76. The molecule has 0 aromatic heterocycles. The minimum absolute atomic E-state index is 0.303. The van der Waals surface area contributed by atoms with E-state index in [0.717, 1.165) is 16.8 Å². The van der Waals surface area contributed by atoms with Gasteiger partial charge in [0.25, 0.3) is 0 Å². The van der Waals surface area contributed by atoms with Gasteiger partial charge in [-0.05, 0) is 36.5 Å². The lowest BCUT2D eigenvalue weighted by Gasteiger charge is -2.29. The van der Waals surface area contributed by atoms with Gasteiger partial charge in [-0.3, -0.25) is 11.3 Å². The molecule has 1 aliphatic carbocycles. The van der Waals surface area contributed by atoms with E-state index < -0.39 is 0 Å². The first kappa shape index (κ1) is 12.1. The topological polar surface area (TPSA) is 38.0 Å². The average Bonchev–Trinajstić information content (AvgIpc) is 2.21. The Morgan fingerprint density at radius 3 is 2.75 bits per heavy atom. The number of aryl methyl sites for hydroxylation is 1. The van der Waals surface area contributed by atoms with Gasteiger partial charge in [0.1, 0.15) is 0 Å². The van der Waals surface area contributed by atoms with Crippen molar-refractivity contribution in [2.75, 3.05) is 0 Å². The van der Waals surface area contributed by atoms with Crippen LogP contribution >= 0.6 is 15.9 Å². The van der Waals surface area contributed by atoms with E-state index in [0.29, 0.717) is 6.04 Å². The Bertz CT molecular complexity index is 361. The van der Waals surface area contributed by atoms with Crippen molar-refractivity contribution in [3.63, 3.8) is 0 Å². The molecule has 16 heavy (non-hydrogen) atoms. The van der Waals surface area contributed by atoms with Crippen LogP contribution in [0.3, 0.4) is 0 Å². The maximum absolute atomic E-state index is 5.66. The molecule has 3 N–H and O–H groups in total. The number of halogens is 1. The molecule has 88 valence electrons. The summed E-state index contributed by atoms with van der Waals surface area (Å²) in [5.41, 5.74) is 5.52. The zero-order valence-corrected chi connectivity index (χ0v) is 11.3. The summed E-state index contributed by atoms with van der Waals surface area (Å²) < 4.78 is 1.16. The standard InChI is InChI=1S/C13H19BrN2/c1-9-7-11(5-6-12(9)14)13(16-15)8-10-3-2-4-10/h5-7,10,13,16H,2-4,8,15H2,1H3. The van der Waals surface area contributed by atoms with Gasteiger partial charge in [0.15, 0.2) is 0 Å². The van der Waals surface area contributed by atoms with Gasteiger partial charge in [-0.2, -0.15) is 0 Å². The molecule has 1 aliphatic rings. The molecule has 1 aromatic rings. The number of benzene rings is 1. The quantitative estimate of drug-likeness (QED) is 0.656. The highest BCUT2D eigenvalue weighted by molar-refractivity contribution is 9.10. The second-order valence-corrected chi connectivity index (χ2v) is 5.61. The van der Waals surface area contributed by atoms with Gasteiger partial charge in [0.2, 0.25) is 0 Å². The SMILES string of the molecule is Cc1cc(C(CC2CCC2)NN)ccc1Br. The fraction of sp³-hybridized carbons (Fsp3) is 0.538. The second kappa shape index (κ2) is 5.30. The van der Waals surface area contributed by atoms with E-state index in [1.165, 1.54) is 30.4 Å². The Morgan fingerprint density at radius 1 is 1.50 bits per heavy atom. The summed E-state index contributed by atoms with van der Waals surface area (Å²) >= 11 is 3.52. The number of hydrogen-bond donors (Lipinski definition) is 2. The third-order valence-electron chi connectivity index (χ3n) is 3.58. The van der Waals surface area contributed by atoms with Crippen molar-refractivity contribution in [1.29, 1.82) is 0 Å². The largest absolute Gasteiger partial charge is 0.271 e. The molecule has 0 amide bonds. The normalized spacial score (nSPS) is 18.2. The third kappa shape index (κ3) is 2.65. The van der Waals surface area contributed by atoms with E-state index in [1.807, 2.05) is 0 Å². The van der Waals surface area contributed by atoms with Crippen LogP contribution in [-0.4, -0.2) is 0 Å². The number of nitrogens with one attached hydrogen (secondary N) is 1. The summed E-state index contributed by atoms with van der Waals surface area (Å²) in [6.07, 6.45) is 5.29. The van der Waals surface area contributed by atoms with Crippen molar-refractivity contribution in [1.82, 2.24) is 5.43 Å². The van der Waals surface area contributed by atoms with Crippen molar-refractivity contribution in [3.8, 4) is 0 Å². The molecular formula is C13H19BrN2. The number of rotatable bonds is 4. The highest BCUT2D eigenvalue weighted by atomic mass is 79.9. The molecule has 0 aliphatic heterocycles. The lowest BCUT2D eigenvalue weighted by Crippen LogP contribution is -2.31. The summed E-state index contributed by atoms with van der Waals surface area (Å²) in [5.74, 6) is 6.52. The smallest absolute Gasteiger partial charge is 0.0462 e. The molecule has 1 atom stereocenters. The molecule has 0 radical (unpaired) electrons. The predicted molar refractivity (Wildman–Crippen MR) is 70.9 cm³/mol. The summed E-state index contributed by atoms with van der Waals surface area (Å²) in [5, 5.41) is 0. The molecule has 0 saturated heterocycles. The molecule has 1 aromatic carbocycles. The van der Waals surface area contributed by atoms with Crippen LogP contribution in [0, 0.1) is 12.8 Å². The van der Waals surface area contributed by atoms with E-state index in [4.69, 9.17) is 5.84 Å². The van der Waals surface area contributed by atoms with Gasteiger partial charge in [-0.25, -0.2) is 0 Å². The Hall–Kier alpha value is -0.380. The van der Waals surface area contributed by atoms with Crippen LogP contribution < -0.4 is 11.3 Å². The van der Waals surface area contributed by atoms with Crippen molar-refractivity contribution < 1.29 is 0 Å². The first-order valence-corrected chi connectivity index (χ1v) is 6.72. The fourth-order valence-electron chi connectivity index (χ4n) is 2.25. The Kier molecular flexibility index (Phi) is 4.00. The molecule has 1 saturated carbocycles. The van der Waals surface area contributed by atoms with Gasteiger partial charge < -0.3 is 0 Å². The van der Waals surface area contributed by atoms with E-state index in [9.17, 15) is 0 Å². The van der Waals surface area contributed by atoms with Crippen LogP contribution in [0.25, 0.3) is 0 Å². The number of nitrogens with two attached hydrogens (primary N) is 1. The molecule has 1 fully saturated rings.